The molecule has 3 aliphatic rings. The molecule has 0 aromatic heterocycles. The number of allylic oxidation sites excluding steroid dienone is 1. The van der Waals surface area contributed by atoms with Gasteiger partial charge in [-0.05, 0) is 78.2 Å². The van der Waals surface area contributed by atoms with Gasteiger partial charge in [0.25, 0.3) is 0 Å². The molecule has 3 aromatic carbocycles. The monoisotopic (exact) mass is 756 g/mol. The number of carbonyl (C=O) groups is 1. The second kappa shape index (κ2) is 16.6. The minimum absolute atomic E-state index is 0.0156. The van der Waals surface area contributed by atoms with Crippen molar-refractivity contribution in [1.29, 1.82) is 0 Å². The molecule has 6 rings (SSSR count). The van der Waals surface area contributed by atoms with Crippen LogP contribution in [0.2, 0.25) is 18.1 Å². The Bertz CT molecular complexity index is 1690. The number of hydrogen-bond acceptors (Lipinski definition) is 7. The minimum atomic E-state index is -1.98. The molecule has 2 fully saturated rings. The third-order valence-electron chi connectivity index (χ3n) is 12.6. The van der Waals surface area contributed by atoms with Crippen LogP contribution in [0.15, 0.2) is 101 Å². The van der Waals surface area contributed by atoms with E-state index in [2.05, 4.69) is 108 Å². The fraction of sp³-hybridized carbons (Fsp3) is 0.533. The Kier molecular flexibility index (Phi) is 12.5. The molecule has 2 bridgehead atoms. The zero-order valence-electron chi connectivity index (χ0n) is 33.1. The topological polar surface area (TPSA) is 63.2 Å². The molecule has 1 aliphatic heterocycles. The molecular weight excluding hydrogens is 697 g/mol. The van der Waals surface area contributed by atoms with Crippen LogP contribution in [0.4, 0.5) is 0 Å². The second-order valence-electron chi connectivity index (χ2n) is 17.2. The summed E-state index contributed by atoms with van der Waals surface area (Å²) in [5.74, 6) is 0.873. The maximum Gasteiger partial charge on any atom is 0.191 e. The molecule has 1 saturated carbocycles. The van der Waals surface area contributed by atoms with E-state index in [4.69, 9.17) is 23.4 Å². The van der Waals surface area contributed by atoms with E-state index < -0.39 is 20.0 Å². The van der Waals surface area contributed by atoms with Gasteiger partial charge in [0.2, 0.25) is 0 Å². The van der Waals surface area contributed by atoms with Crippen LogP contribution < -0.4 is 4.74 Å². The van der Waals surface area contributed by atoms with Crippen molar-refractivity contribution < 1.29 is 28.2 Å². The second-order valence-corrected chi connectivity index (χ2v) is 23.3. The molecule has 0 N–H and O–H groups in total. The van der Waals surface area contributed by atoms with Crippen LogP contribution in [-0.4, -0.2) is 57.5 Å². The Morgan fingerprint density at radius 2 is 1.55 bits per heavy atom. The Balaban J connectivity index is 1.38. The van der Waals surface area contributed by atoms with Crippen LogP contribution in [-0.2, 0) is 36.6 Å². The highest BCUT2D eigenvalue weighted by molar-refractivity contribution is 8.00. The third-order valence-corrected chi connectivity index (χ3v) is 18.5. The highest BCUT2D eigenvalue weighted by Crippen LogP contribution is 2.55. The van der Waals surface area contributed by atoms with Gasteiger partial charge in [0.1, 0.15) is 17.5 Å². The minimum Gasteiger partial charge on any atom is -0.497 e. The summed E-state index contributed by atoms with van der Waals surface area (Å²) in [5, 5.41) is 0.0907. The Labute approximate surface area is 323 Å². The van der Waals surface area contributed by atoms with Crippen molar-refractivity contribution >= 4 is 25.9 Å². The predicted molar refractivity (Wildman–Crippen MR) is 217 cm³/mol. The number of methoxy groups -OCH3 is 1. The lowest BCUT2D eigenvalue weighted by Crippen LogP contribution is -2.67. The molecule has 1 heterocycles. The number of Topliss-reactive ketones (excluding diaryl/α,β-unsaturated/α-hetero) is 1. The van der Waals surface area contributed by atoms with Crippen molar-refractivity contribution in [2.45, 2.75) is 120 Å². The maximum absolute atomic E-state index is 15.1. The summed E-state index contributed by atoms with van der Waals surface area (Å²) >= 11 is 1.85. The van der Waals surface area contributed by atoms with Gasteiger partial charge in [0.05, 0.1) is 33.0 Å². The van der Waals surface area contributed by atoms with Crippen LogP contribution in [0.25, 0.3) is 0 Å². The zero-order valence-corrected chi connectivity index (χ0v) is 34.9. The summed E-state index contributed by atoms with van der Waals surface area (Å²) in [5.41, 5.74) is 2.65. The summed E-state index contributed by atoms with van der Waals surface area (Å²) in [6, 6.07) is 28.9. The first kappa shape index (κ1) is 40.0. The van der Waals surface area contributed by atoms with Gasteiger partial charge in [-0.15, -0.1) is 11.8 Å². The summed E-state index contributed by atoms with van der Waals surface area (Å²) < 4.78 is 32.6. The molecular formula is C45H60O6SSi. The largest absolute Gasteiger partial charge is 0.497 e. The molecule has 6 nitrogen and oxygen atoms in total. The lowest BCUT2D eigenvalue weighted by atomic mass is 9.72. The van der Waals surface area contributed by atoms with Crippen LogP contribution in [0.5, 0.6) is 5.75 Å². The maximum atomic E-state index is 15.1. The predicted octanol–water partition coefficient (Wildman–Crippen LogP) is 10.5. The lowest BCUT2D eigenvalue weighted by molar-refractivity contribution is -0.291. The molecule has 6 atom stereocenters. The summed E-state index contributed by atoms with van der Waals surface area (Å²) in [4.78, 5) is 16.2. The number of ketones is 1. The van der Waals surface area contributed by atoms with Crippen LogP contribution in [0, 0.1) is 17.3 Å². The van der Waals surface area contributed by atoms with E-state index in [1.165, 1.54) is 10.5 Å². The summed E-state index contributed by atoms with van der Waals surface area (Å²) in [6.07, 6.45) is 4.69. The number of thioether (sulfide) groups is 1. The average Bonchev–Trinajstić information content (AvgIpc) is 3.42. The normalized spacial score (nSPS) is 28.3. The molecule has 2 aliphatic carbocycles. The van der Waals surface area contributed by atoms with Crippen molar-refractivity contribution in [3.63, 3.8) is 0 Å². The summed E-state index contributed by atoms with van der Waals surface area (Å²) in [7, 11) is -0.308. The van der Waals surface area contributed by atoms with Gasteiger partial charge >= 0.3 is 0 Å². The van der Waals surface area contributed by atoms with E-state index >= 15 is 4.79 Å². The number of fused-ring (bicyclic) bond motifs is 2. The Hall–Kier alpha value is -2.72. The average molecular weight is 757 g/mol. The van der Waals surface area contributed by atoms with Crippen molar-refractivity contribution in [3.05, 3.63) is 108 Å². The van der Waals surface area contributed by atoms with Crippen molar-refractivity contribution in [1.82, 2.24) is 0 Å². The smallest absolute Gasteiger partial charge is 0.191 e. The SMILES string of the molecule is COc1ccc(CO[C@H]2C(=O)C[C@@H]([C@]3(OCc4ccccc4)CO[C@@H]3CCO[Si](C)(C)C(C)(C)C)[C@H](Sc3ccccc3)/C=C3/CC[C@H]2C3(C)C)cc1. The van der Waals surface area contributed by atoms with Gasteiger partial charge in [0.15, 0.2) is 14.1 Å². The molecule has 53 heavy (non-hydrogen) atoms. The van der Waals surface area contributed by atoms with Gasteiger partial charge in [-0.2, -0.15) is 0 Å². The van der Waals surface area contributed by atoms with E-state index in [-0.39, 0.29) is 39.4 Å². The van der Waals surface area contributed by atoms with E-state index in [1.54, 1.807) is 7.11 Å². The van der Waals surface area contributed by atoms with Crippen LogP contribution in [0.1, 0.15) is 71.4 Å². The van der Waals surface area contributed by atoms with Crippen molar-refractivity contribution in [2.75, 3.05) is 20.3 Å². The van der Waals surface area contributed by atoms with Crippen LogP contribution in [0.3, 0.4) is 0 Å². The molecule has 286 valence electrons. The number of carbonyl (C=O) groups excluding carboxylic acids is 1. The van der Waals surface area contributed by atoms with E-state index in [0.717, 1.165) is 29.7 Å². The van der Waals surface area contributed by atoms with E-state index in [9.17, 15) is 0 Å². The van der Waals surface area contributed by atoms with E-state index in [1.807, 2.05) is 42.1 Å². The van der Waals surface area contributed by atoms with Gasteiger partial charge < -0.3 is 23.4 Å². The van der Waals surface area contributed by atoms with Crippen molar-refractivity contribution in [3.8, 4) is 5.75 Å². The molecule has 0 radical (unpaired) electrons. The van der Waals surface area contributed by atoms with Gasteiger partial charge in [-0.3, -0.25) is 4.79 Å². The molecule has 1 saturated heterocycles. The molecule has 0 amide bonds. The highest BCUT2D eigenvalue weighted by Gasteiger charge is 2.59. The standard InChI is InChI=1S/C45H60O6SSi/c1-43(2,3)53(7,8)51-26-25-41-45(31-49-41,50-30-32-15-11-9-12-16-32)38-28-39(46)42(48-29-33-19-22-35(47-6)23-20-33)37-24-21-34(44(37,4)5)27-40(38)52-36-17-13-10-14-18-36/h9-20,22-23,27,37-38,40-42H,21,24-26,28-31H2,1-8H3/b34-27-/t37-,38-,40-,41-,42-,45-/m1/s1. The highest BCUT2D eigenvalue weighted by atomic mass is 32.2. The first-order valence-electron chi connectivity index (χ1n) is 19.4. The first-order chi connectivity index (χ1) is 25.2. The number of ether oxygens (including phenoxy) is 4. The fourth-order valence-corrected chi connectivity index (χ4v) is 10.5. The van der Waals surface area contributed by atoms with Gasteiger partial charge in [-0.25, -0.2) is 0 Å². The van der Waals surface area contributed by atoms with Crippen molar-refractivity contribution in [2.24, 2.45) is 17.3 Å². The first-order valence-corrected chi connectivity index (χ1v) is 23.2. The Morgan fingerprint density at radius 3 is 2.17 bits per heavy atom. The summed E-state index contributed by atoms with van der Waals surface area (Å²) in [6.45, 7) is 17.9. The van der Waals surface area contributed by atoms with E-state index in [0.29, 0.717) is 39.3 Å². The Morgan fingerprint density at radius 1 is 0.887 bits per heavy atom. The quantitative estimate of drug-likeness (QED) is 0.120. The molecule has 8 heteroatoms. The number of benzene rings is 3. The van der Waals surface area contributed by atoms with Crippen LogP contribution >= 0.6 is 11.8 Å². The molecule has 3 aromatic rings. The third kappa shape index (κ3) is 8.89. The fourth-order valence-electron chi connectivity index (χ4n) is 8.10. The van der Waals surface area contributed by atoms with Gasteiger partial charge in [-0.1, -0.05) is 107 Å². The number of rotatable bonds is 14. The molecule has 0 unspecified atom stereocenters. The zero-order chi connectivity index (χ0) is 37.9. The lowest BCUT2D eigenvalue weighted by Gasteiger charge is -2.55. The van der Waals surface area contributed by atoms with Gasteiger partial charge in [0, 0.05) is 35.0 Å². The number of hydrogen-bond donors (Lipinski definition) is 0. The molecule has 0 spiro atoms.